The third kappa shape index (κ3) is 3.39. The van der Waals surface area contributed by atoms with Crippen LogP contribution in [-0.4, -0.2) is 50.7 Å². The fourth-order valence-corrected chi connectivity index (χ4v) is 4.07. The highest BCUT2D eigenvalue weighted by Crippen LogP contribution is 2.25. The van der Waals surface area contributed by atoms with Gasteiger partial charge < -0.3 is 4.90 Å². The Kier molecular flexibility index (Phi) is 4.91. The molecular weight excluding hydrogens is 312 g/mol. The van der Waals surface area contributed by atoms with Crippen LogP contribution in [0.25, 0.3) is 0 Å². The van der Waals surface area contributed by atoms with Crippen molar-refractivity contribution < 1.29 is 13.2 Å². The molecule has 0 saturated carbocycles. The van der Waals surface area contributed by atoms with E-state index >= 15 is 0 Å². The standard InChI is InChI=1S/C14H19ClN2O3S/c1-16(2)14(18)12-10-11(6-7-13(12)15)21(19,20)17-8-4-3-5-9-17/h6-7,10H,3-5,8-9H2,1-2H3. The monoisotopic (exact) mass is 330 g/mol. The van der Waals surface area contributed by atoms with Crippen molar-refractivity contribution in [2.24, 2.45) is 0 Å². The summed E-state index contributed by atoms with van der Waals surface area (Å²) in [5.41, 5.74) is 0.208. The summed E-state index contributed by atoms with van der Waals surface area (Å²) in [5.74, 6) is -0.310. The first-order valence-electron chi connectivity index (χ1n) is 6.85. The fraction of sp³-hybridized carbons (Fsp3) is 0.500. The number of rotatable bonds is 3. The lowest BCUT2D eigenvalue weighted by molar-refractivity contribution is 0.0827. The van der Waals surface area contributed by atoms with Crippen LogP contribution < -0.4 is 0 Å². The molecule has 1 aromatic carbocycles. The van der Waals surface area contributed by atoms with E-state index in [9.17, 15) is 13.2 Å². The van der Waals surface area contributed by atoms with Crippen LogP contribution in [-0.2, 0) is 10.0 Å². The van der Waals surface area contributed by atoms with Crippen molar-refractivity contribution in [1.82, 2.24) is 9.21 Å². The molecule has 2 rings (SSSR count). The number of hydrogen-bond acceptors (Lipinski definition) is 3. The van der Waals surface area contributed by atoms with Crippen LogP contribution >= 0.6 is 11.6 Å². The van der Waals surface area contributed by atoms with Crippen LogP contribution in [0.4, 0.5) is 0 Å². The van der Waals surface area contributed by atoms with Crippen LogP contribution in [0.2, 0.25) is 5.02 Å². The summed E-state index contributed by atoms with van der Waals surface area (Å²) in [6.07, 6.45) is 2.80. The molecule has 0 atom stereocenters. The van der Waals surface area contributed by atoms with Crippen LogP contribution in [0.15, 0.2) is 23.1 Å². The molecule has 0 aliphatic carbocycles. The Balaban J connectivity index is 2.40. The number of halogens is 1. The zero-order valence-electron chi connectivity index (χ0n) is 12.2. The molecule has 0 aromatic heterocycles. The van der Waals surface area contributed by atoms with Gasteiger partial charge in [-0.05, 0) is 31.0 Å². The Hall–Kier alpha value is -1.11. The Morgan fingerprint density at radius 3 is 2.38 bits per heavy atom. The maximum atomic E-state index is 12.6. The van der Waals surface area contributed by atoms with Gasteiger partial charge in [-0.2, -0.15) is 4.31 Å². The highest BCUT2D eigenvalue weighted by molar-refractivity contribution is 7.89. The molecule has 21 heavy (non-hydrogen) atoms. The van der Waals surface area contributed by atoms with E-state index in [1.54, 1.807) is 14.1 Å². The Morgan fingerprint density at radius 1 is 1.19 bits per heavy atom. The predicted octanol–water partition coefficient (Wildman–Crippen LogP) is 2.22. The molecule has 5 nitrogen and oxygen atoms in total. The molecule has 1 amide bonds. The number of carbonyl (C=O) groups is 1. The smallest absolute Gasteiger partial charge is 0.254 e. The molecule has 0 spiro atoms. The minimum Gasteiger partial charge on any atom is -0.345 e. The number of piperidine rings is 1. The van der Waals surface area contributed by atoms with Gasteiger partial charge in [-0.1, -0.05) is 18.0 Å². The van der Waals surface area contributed by atoms with Crippen LogP contribution in [0.1, 0.15) is 29.6 Å². The maximum absolute atomic E-state index is 12.6. The van der Waals surface area contributed by atoms with E-state index in [2.05, 4.69) is 0 Å². The summed E-state index contributed by atoms with van der Waals surface area (Å²) in [6.45, 7) is 1.06. The number of nitrogens with zero attached hydrogens (tertiary/aromatic N) is 2. The maximum Gasteiger partial charge on any atom is 0.254 e. The van der Waals surface area contributed by atoms with Gasteiger partial charge in [0.2, 0.25) is 10.0 Å². The molecule has 1 saturated heterocycles. The SMILES string of the molecule is CN(C)C(=O)c1cc(S(=O)(=O)N2CCCCC2)ccc1Cl. The van der Waals surface area contributed by atoms with Gasteiger partial charge in [0.1, 0.15) is 0 Å². The molecule has 116 valence electrons. The molecule has 0 unspecified atom stereocenters. The topological polar surface area (TPSA) is 57.7 Å². The average Bonchev–Trinajstić information content (AvgIpc) is 2.47. The highest BCUT2D eigenvalue weighted by atomic mass is 35.5. The summed E-state index contributed by atoms with van der Waals surface area (Å²) < 4.78 is 26.7. The average molecular weight is 331 g/mol. The first-order valence-corrected chi connectivity index (χ1v) is 8.67. The van der Waals surface area contributed by atoms with Gasteiger partial charge in [0.25, 0.3) is 5.91 Å². The molecule has 1 aliphatic heterocycles. The van der Waals surface area contributed by atoms with Gasteiger partial charge in [-0.25, -0.2) is 8.42 Å². The Labute approximate surface area is 130 Å². The number of hydrogen-bond donors (Lipinski definition) is 0. The van der Waals surface area contributed by atoms with Gasteiger partial charge in [-0.3, -0.25) is 4.79 Å². The first kappa shape index (κ1) is 16.3. The third-order valence-electron chi connectivity index (χ3n) is 3.53. The minimum atomic E-state index is -3.56. The lowest BCUT2D eigenvalue weighted by Crippen LogP contribution is -2.35. The van der Waals surface area contributed by atoms with E-state index in [1.165, 1.54) is 27.4 Å². The van der Waals surface area contributed by atoms with E-state index in [0.717, 1.165) is 19.3 Å². The molecule has 0 N–H and O–H groups in total. The predicted molar refractivity (Wildman–Crippen MR) is 82.1 cm³/mol. The van der Waals surface area contributed by atoms with Gasteiger partial charge >= 0.3 is 0 Å². The van der Waals surface area contributed by atoms with E-state index in [0.29, 0.717) is 13.1 Å². The Bertz CT molecular complexity index is 638. The molecule has 1 heterocycles. The van der Waals surface area contributed by atoms with Gasteiger partial charge in [-0.15, -0.1) is 0 Å². The summed E-state index contributed by atoms with van der Waals surface area (Å²) in [4.78, 5) is 13.6. The summed E-state index contributed by atoms with van der Waals surface area (Å²) in [6, 6.07) is 4.29. The first-order chi connectivity index (χ1) is 9.84. The van der Waals surface area contributed by atoms with Gasteiger partial charge in [0.05, 0.1) is 15.5 Å². The second-order valence-corrected chi connectivity index (χ2v) is 7.65. The van der Waals surface area contributed by atoms with E-state index < -0.39 is 10.0 Å². The van der Waals surface area contributed by atoms with Crippen molar-refractivity contribution in [2.75, 3.05) is 27.2 Å². The molecule has 0 bridgehead atoms. The minimum absolute atomic E-state index is 0.124. The molecule has 0 radical (unpaired) electrons. The lowest BCUT2D eigenvalue weighted by atomic mass is 10.2. The fourth-order valence-electron chi connectivity index (χ4n) is 2.32. The summed E-state index contributed by atoms with van der Waals surface area (Å²) in [5, 5.41) is 0.256. The summed E-state index contributed by atoms with van der Waals surface area (Å²) in [7, 11) is -0.353. The van der Waals surface area contributed by atoms with Crippen molar-refractivity contribution >= 4 is 27.5 Å². The molecule has 1 aromatic rings. The number of amides is 1. The van der Waals surface area contributed by atoms with Crippen molar-refractivity contribution in [3.63, 3.8) is 0 Å². The largest absolute Gasteiger partial charge is 0.345 e. The number of benzene rings is 1. The lowest BCUT2D eigenvalue weighted by Gasteiger charge is -2.26. The zero-order chi connectivity index (χ0) is 15.6. The third-order valence-corrected chi connectivity index (χ3v) is 5.75. The number of carbonyl (C=O) groups excluding carboxylic acids is 1. The van der Waals surface area contributed by atoms with Gasteiger partial charge in [0, 0.05) is 27.2 Å². The summed E-state index contributed by atoms with van der Waals surface area (Å²) >= 11 is 6.02. The van der Waals surface area contributed by atoms with Crippen LogP contribution in [0, 0.1) is 0 Å². The van der Waals surface area contributed by atoms with E-state index in [1.807, 2.05) is 0 Å². The van der Waals surface area contributed by atoms with Gasteiger partial charge in [0.15, 0.2) is 0 Å². The Morgan fingerprint density at radius 2 is 1.81 bits per heavy atom. The highest BCUT2D eigenvalue weighted by Gasteiger charge is 2.27. The second kappa shape index (κ2) is 6.34. The van der Waals surface area contributed by atoms with Crippen molar-refractivity contribution in [3.8, 4) is 0 Å². The molecule has 7 heteroatoms. The molecule has 1 fully saturated rings. The van der Waals surface area contributed by atoms with Crippen LogP contribution in [0.5, 0.6) is 0 Å². The van der Waals surface area contributed by atoms with E-state index in [4.69, 9.17) is 11.6 Å². The van der Waals surface area contributed by atoms with Crippen molar-refractivity contribution in [3.05, 3.63) is 28.8 Å². The molecule has 1 aliphatic rings. The zero-order valence-corrected chi connectivity index (χ0v) is 13.7. The normalized spacial score (nSPS) is 16.7. The number of sulfonamides is 1. The van der Waals surface area contributed by atoms with Crippen molar-refractivity contribution in [1.29, 1.82) is 0 Å². The second-order valence-electron chi connectivity index (χ2n) is 5.31. The van der Waals surface area contributed by atoms with Crippen LogP contribution in [0.3, 0.4) is 0 Å². The van der Waals surface area contributed by atoms with E-state index in [-0.39, 0.29) is 21.4 Å². The van der Waals surface area contributed by atoms with Crippen molar-refractivity contribution in [2.45, 2.75) is 24.2 Å². The molecular formula is C14H19ClN2O3S. The quantitative estimate of drug-likeness (QED) is 0.853.